The Kier molecular flexibility index (Phi) is 13.9. The molecule has 0 saturated carbocycles. The smallest absolute Gasteiger partial charge is 0.257 e. The van der Waals surface area contributed by atoms with Crippen molar-refractivity contribution < 1.29 is 19.1 Å². The number of anilines is 2. The number of nitrogens with one attached hydrogen (secondary N) is 2. The number of hydrogen-bond donors (Lipinski definition) is 3. The van der Waals surface area contributed by atoms with Crippen LogP contribution in [0.2, 0.25) is 10.0 Å². The first-order valence-corrected chi connectivity index (χ1v) is 22.4. The third kappa shape index (κ3) is 10.1. The molecule has 2 aliphatic heterocycles. The quantitative estimate of drug-likeness (QED) is 0.0953. The van der Waals surface area contributed by atoms with Gasteiger partial charge < -0.3 is 26.0 Å². The summed E-state index contributed by atoms with van der Waals surface area (Å²) in [6.07, 6.45) is 15.1. The van der Waals surface area contributed by atoms with Crippen molar-refractivity contribution in [3.63, 3.8) is 0 Å². The van der Waals surface area contributed by atoms with Gasteiger partial charge in [-0.3, -0.25) is 19.3 Å². The number of carbonyl (C=O) groups is 3. The number of hydrogen-bond acceptors (Lipinski definition) is 7. The van der Waals surface area contributed by atoms with Crippen LogP contribution in [0.3, 0.4) is 0 Å². The molecule has 2 aliphatic carbocycles. The lowest BCUT2D eigenvalue weighted by molar-refractivity contribution is -0.131. The Hall–Kier alpha value is -5.97. The van der Waals surface area contributed by atoms with Gasteiger partial charge in [0.1, 0.15) is 5.75 Å². The zero-order valence-electron chi connectivity index (χ0n) is 35.3. The molecule has 2 amide bonds. The van der Waals surface area contributed by atoms with E-state index in [1.165, 1.54) is 21.9 Å². The summed E-state index contributed by atoms with van der Waals surface area (Å²) in [4.78, 5) is 42.7. The highest BCUT2D eigenvalue weighted by molar-refractivity contribution is 6.34. The molecule has 9 rings (SSSR count). The van der Waals surface area contributed by atoms with Crippen molar-refractivity contribution in [2.45, 2.75) is 51.6 Å². The highest BCUT2D eigenvalue weighted by atomic mass is 35.5. The first-order chi connectivity index (χ1) is 30.6. The summed E-state index contributed by atoms with van der Waals surface area (Å²) in [7, 11) is 0. The molecule has 4 aliphatic rings. The Bertz CT molecular complexity index is 2840. The molecule has 2 heterocycles. The van der Waals surface area contributed by atoms with Crippen LogP contribution >= 0.6 is 23.2 Å². The van der Waals surface area contributed by atoms with Crippen LogP contribution in [0.1, 0.15) is 70.0 Å². The fourth-order valence-corrected chi connectivity index (χ4v) is 9.19. The number of nitrogens with zero attached hydrogens (tertiary/aromatic N) is 2. The van der Waals surface area contributed by atoms with Crippen LogP contribution in [0.4, 0.5) is 11.4 Å². The molecule has 5 aromatic carbocycles. The van der Waals surface area contributed by atoms with E-state index >= 15 is 0 Å². The van der Waals surface area contributed by atoms with Crippen molar-refractivity contribution >= 4 is 69.9 Å². The van der Waals surface area contributed by atoms with Crippen molar-refractivity contribution in [2.75, 3.05) is 43.4 Å². The van der Waals surface area contributed by atoms with Crippen LogP contribution in [0.25, 0.3) is 17.7 Å². The molecule has 1 atom stereocenters. The van der Waals surface area contributed by atoms with Crippen molar-refractivity contribution in [2.24, 2.45) is 5.73 Å². The van der Waals surface area contributed by atoms with Crippen LogP contribution in [-0.4, -0.2) is 66.3 Å². The second-order valence-corrected chi connectivity index (χ2v) is 16.9. The highest BCUT2D eigenvalue weighted by Gasteiger charge is 2.25. The molecule has 11 heteroatoms. The first kappa shape index (κ1) is 43.7. The topological polar surface area (TPSA) is 117 Å². The third-order valence-corrected chi connectivity index (χ3v) is 12.8. The fraction of sp³-hybridized carbons (Fsp3) is 0.250. The Labute approximate surface area is 377 Å². The van der Waals surface area contributed by atoms with E-state index in [2.05, 4.69) is 58.0 Å². The summed E-state index contributed by atoms with van der Waals surface area (Å²) in [5.41, 5.74) is 13.5. The van der Waals surface area contributed by atoms with E-state index in [9.17, 15) is 14.4 Å². The van der Waals surface area contributed by atoms with E-state index in [1.54, 1.807) is 54.3 Å². The lowest BCUT2D eigenvalue weighted by atomic mass is 9.84. The van der Waals surface area contributed by atoms with E-state index in [0.717, 1.165) is 83.6 Å². The van der Waals surface area contributed by atoms with Crippen LogP contribution in [0.5, 0.6) is 5.75 Å². The molecule has 4 N–H and O–H groups in total. The Balaban J connectivity index is 0.000000428. The average Bonchev–Trinajstić information content (AvgIpc) is 3.55. The van der Waals surface area contributed by atoms with Gasteiger partial charge >= 0.3 is 0 Å². The number of rotatable bonds is 10. The summed E-state index contributed by atoms with van der Waals surface area (Å²) in [5, 5.41) is 11.6. The molecule has 5 aromatic rings. The van der Waals surface area contributed by atoms with Gasteiger partial charge in [0.25, 0.3) is 5.91 Å². The Morgan fingerprint density at radius 3 is 2.49 bits per heavy atom. The molecular formula is C52H51Cl2N5O4. The number of piperazine rings is 1. The van der Waals surface area contributed by atoms with E-state index in [1.807, 2.05) is 42.6 Å². The number of ether oxygens (including phenoxy) is 1. The lowest BCUT2D eigenvalue weighted by Gasteiger charge is -2.39. The van der Waals surface area contributed by atoms with Gasteiger partial charge in [-0.25, -0.2) is 0 Å². The minimum absolute atomic E-state index is 0.00769. The standard InChI is InChI=1S/C42H42Cl2N4O4.C10H9N/c1-26(49)48-22-21-47(40(45)25-48)20-2-3-23-52-29-14-19-39(44)37(24-29)42(51)46-28-12-10-27(11-13-28)41(50)36-8-4-6-30-32-17-18-35-31(7-5-9-38(35)43)33(32)15-16-34(30)36;1-2-7-10-9(5-1)6-3-4-8-11-10/h5,7,9-16,18-19,24,40H,2-4,6,8,17,20-23,25,45H2,1H3,(H,46,51);1-8,11H. The van der Waals surface area contributed by atoms with Gasteiger partial charge in [-0.05, 0) is 143 Å². The first-order valence-electron chi connectivity index (χ1n) is 21.6. The number of nitrogens with two attached hydrogens (primary N) is 1. The SMILES string of the molecule is C1=CNc2ccccc2C=C1.CC(=O)N1CCN(CCCCOc2ccc(Cl)c(C(=O)Nc3ccc(C(=O)C4=c5ccc6c(c5CCC4)CC=c4c(Cl)cccc4=6)cc3)c2)C(N)C1. The summed E-state index contributed by atoms with van der Waals surface area (Å²) in [6, 6.07) is 30.6. The molecule has 0 spiro atoms. The third-order valence-electron chi connectivity index (χ3n) is 12.1. The molecule has 0 bridgehead atoms. The largest absolute Gasteiger partial charge is 0.494 e. The predicted octanol–water partition coefficient (Wildman–Crippen LogP) is 8.49. The number of benzene rings is 5. The summed E-state index contributed by atoms with van der Waals surface area (Å²) < 4.78 is 5.95. The second-order valence-electron chi connectivity index (χ2n) is 16.1. The maximum Gasteiger partial charge on any atom is 0.257 e. The van der Waals surface area contributed by atoms with E-state index in [0.29, 0.717) is 47.3 Å². The van der Waals surface area contributed by atoms with Crippen molar-refractivity contribution in [3.05, 3.63) is 174 Å². The number of ketones is 1. The van der Waals surface area contributed by atoms with Crippen molar-refractivity contribution in [1.82, 2.24) is 9.80 Å². The number of carbonyl (C=O) groups excluding carboxylic acids is 3. The number of amides is 2. The van der Waals surface area contributed by atoms with E-state index in [-0.39, 0.29) is 23.8 Å². The molecule has 0 aromatic heterocycles. The molecule has 9 nitrogen and oxygen atoms in total. The highest BCUT2D eigenvalue weighted by Crippen LogP contribution is 2.27. The Morgan fingerprint density at radius 1 is 0.841 bits per heavy atom. The molecule has 63 heavy (non-hydrogen) atoms. The molecular weight excluding hydrogens is 830 g/mol. The monoisotopic (exact) mass is 879 g/mol. The fourth-order valence-electron chi connectivity index (χ4n) is 8.73. The van der Waals surface area contributed by atoms with Gasteiger partial charge in [0.05, 0.1) is 23.4 Å². The minimum Gasteiger partial charge on any atom is -0.494 e. The van der Waals surface area contributed by atoms with Gasteiger partial charge in [-0.1, -0.05) is 83.9 Å². The van der Waals surface area contributed by atoms with Crippen LogP contribution in [-0.2, 0) is 17.6 Å². The molecule has 1 saturated heterocycles. The van der Waals surface area contributed by atoms with Gasteiger partial charge in [-0.15, -0.1) is 0 Å². The van der Waals surface area contributed by atoms with Crippen molar-refractivity contribution in [3.8, 4) is 5.75 Å². The zero-order valence-corrected chi connectivity index (χ0v) is 36.9. The number of allylic oxidation sites excluding steroid dienone is 2. The molecule has 1 unspecified atom stereocenters. The number of unbranched alkanes of at least 4 members (excludes halogenated alkanes) is 1. The summed E-state index contributed by atoms with van der Waals surface area (Å²) in [5.74, 6) is 0.252. The second kappa shape index (κ2) is 20.0. The van der Waals surface area contributed by atoms with Crippen molar-refractivity contribution in [1.29, 1.82) is 0 Å². The zero-order chi connectivity index (χ0) is 43.9. The average molecular weight is 881 g/mol. The van der Waals surface area contributed by atoms with E-state index in [4.69, 9.17) is 33.7 Å². The lowest BCUT2D eigenvalue weighted by Crippen LogP contribution is -2.58. The van der Waals surface area contributed by atoms with Crippen LogP contribution < -0.4 is 31.5 Å². The van der Waals surface area contributed by atoms with Gasteiger partial charge in [0.2, 0.25) is 5.91 Å². The summed E-state index contributed by atoms with van der Waals surface area (Å²) in [6.45, 7) is 4.88. The van der Waals surface area contributed by atoms with Gasteiger partial charge in [0.15, 0.2) is 5.78 Å². The molecule has 0 radical (unpaired) electrons. The normalized spacial score (nSPS) is 16.1. The maximum atomic E-state index is 13.9. The number of para-hydroxylation sites is 1. The van der Waals surface area contributed by atoms with Gasteiger partial charge in [0, 0.05) is 60.3 Å². The van der Waals surface area contributed by atoms with Crippen LogP contribution in [0, 0.1) is 10.4 Å². The van der Waals surface area contributed by atoms with E-state index < -0.39 is 0 Å². The molecule has 1 fully saturated rings. The Morgan fingerprint density at radius 2 is 1.67 bits per heavy atom. The number of halogens is 2. The number of Topliss-reactive ketones (excluding diaryl/α,β-unsaturated/α-hetero) is 1. The summed E-state index contributed by atoms with van der Waals surface area (Å²) >= 11 is 12.9. The minimum atomic E-state index is -0.367. The maximum absolute atomic E-state index is 13.9. The molecule has 322 valence electrons. The van der Waals surface area contributed by atoms with Crippen LogP contribution in [0.15, 0.2) is 115 Å². The number of fused-ring (bicyclic) bond motifs is 5. The van der Waals surface area contributed by atoms with Gasteiger partial charge in [-0.2, -0.15) is 0 Å². The predicted molar refractivity (Wildman–Crippen MR) is 254 cm³/mol.